The van der Waals surface area contributed by atoms with Gasteiger partial charge in [-0.25, -0.2) is 17.6 Å². The van der Waals surface area contributed by atoms with Crippen LogP contribution in [-0.4, -0.2) is 45.4 Å². The van der Waals surface area contributed by atoms with Crippen molar-refractivity contribution in [2.75, 3.05) is 25.0 Å². The molecule has 246 valence electrons. The van der Waals surface area contributed by atoms with Gasteiger partial charge in [-0.15, -0.1) is 0 Å². The number of amides is 1. The molecule has 0 aliphatic carbocycles. The van der Waals surface area contributed by atoms with Crippen LogP contribution in [0.3, 0.4) is 0 Å². The number of carbonyl (C=O) groups is 1. The van der Waals surface area contributed by atoms with Gasteiger partial charge >= 0.3 is 12.3 Å². The van der Waals surface area contributed by atoms with Gasteiger partial charge in [-0.1, -0.05) is 12.1 Å². The van der Waals surface area contributed by atoms with Crippen molar-refractivity contribution in [3.05, 3.63) is 78.2 Å². The Hall–Kier alpha value is -4.79. The third-order valence-electron chi connectivity index (χ3n) is 6.12. The van der Waals surface area contributed by atoms with E-state index in [9.17, 15) is 26.4 Å². The minimum Gasteiger partial charge on any atom is -0.493 e. The maximum atomic E-state index is 15.1. The fraction of sp³-hybridized carbons (Fsp3) is 0.290. The van der Waals surface area contributed by atoms with Crippen LogP contribution in [0.5, 0.6) is 23.0 Å². The summed E-state index contributed by atoms with van der Waals surface area (Å²) < 4.78 is 105. The van der Waals surface area contributed by atoms with Crippen LogP contribution in [0.15, 0.2) is 71.8 Å². The molecule has 0 spiro atoms. The molecule has 4 rings (SSSR count). The van der Waals surface area contributed by atoms with Gasteiger partial charge in [0, 0.05) is 30.3 Å². The number of rotatable bonds is 11. The van der Waals surface area contributed by atoms with Crippen molar-refractivity contribution in [2.24, 2.45) is 0 Å². The zero-order chi connectivity index (χ0) is 33.7. The van der Waals surface area contributed by atoms with E-state index >= 15 is 4.39 Å². The number of hydrogen-bond donors (Lipinski definition) is 2. The molecule has 0 fully saturated rings. The van der Waals surface area contributed by atoms with E-state index in [0.717, 1.165) is 36.4 Å². The van der Waals surface area contributed by atoms with Crippen molar-refractivity contribution in [3.8, 4) is 23.0 Å². The van der Waals surface area contributed by atoms with Gasteiger partial charge < -0.3 is 24.3 Å². The number of nitrogens with one attached hydrogen (secondary N) is 2. The average molecular weight is 666 g/mol. The van der Waals surface area contributed by atoms with E-state index in [1.165, 1.54) is 19.4 Å². The number of halogens is 4. The Balaban J connectivity index is 1.47. The van der Waals surface area contributed by atoms with Crippen LogP contribution in [0, 0.1) is 5.82 Å². The number of ether oxygens (including phenoxy) is 4. The van der Waals surface area contributed by atoms with Gasteiger partial charge in [-0.05, 0) is 63.6 Å². The van der Waals surface area contributed by atoms with E-state index in [-0.39, 0.29) is 23.8 Å². The molecule has 0 saturated carbocycles. The summed E-state index contributed by atoms with van der Waals surface area (Å²) >= 11 is 0. The fourth-order valence-corrected chi connectivity index (χ4v) is 5.44. The molecule has 1 amide bonds. The van der Waals surface area contributed by atoms with Gasteiger partial charge in [-0.2, -0.15) is 13.2 Å². The lowest BCUT2D eigenvalue weighted by atomic mass is 10.1. The molecule has 0 radical (unpaired) electrons. The molecule has 46 heavy (non-hydrogen) atoms. The maximum absolute atomic E-state index is 15.1. The number of benzene rings is 3. The van der Waals surface area contributed by atoms with E-state index in [0.29, 0.717) is 41.4 Å². The molecular formula is C31H31F4N3O7S. The molecule has 15 heteroatoms. The third kappa shape index (κ3) is 8.68. The number of hydrogen-bond acceptors (Lipinski definition) is 8. The molecule has 4 aromatic rings. The number of sulfonamides is 1. The molecule has 0 aliphatic rings. The highest BCUT2D eigenvalue weighted by Crippen LogP contribution is 2.38. The van der Waals surface area contributed by atoms with Crippen molar-refractivity contribution in [2.45, 2.75) is 43.9 Å². The van der Waals surface area contributed by atoms with E-state index in [1.54, 1.807) is 32.9 Å². The van der Waals surface area contributed by atoms with Crippen molar-refractivity contribution in [1.29, 1.82) is 0 Å². The largest absolute Gasteiger partial charge is 0.493 e. The summed E-state index contributed by atoms with van der Waals surface area (Å²) in [6.07, 6.45) is -3.56. The van der Waals surface area contributed by atoms with E-state index < -0.39 is 44.2 Å². The molecule has 1 heterocycles. The second-order valence-electron chi connectivity index (χ2n) is 10.8. The molecule has 2 N–H and O–H groups in total. The first-order valence-corrected chi connectivity index (χ1v) is 15.3. The molecule has 3 aromatic carbocycles. The SMILES string of the molecule is COc1cc2c(Oc3ccc(NS(=O)(=O)c4ccccc4C(F)(F)F)cc3F)ccnc2cc1OCCCNC(=O)OC(C)(C)C. The standard InChI is InChI=1S/C31H31F4N3O7S/c1-30(2,3)45-29(39)37-13-7-15-43-27-18-23-20(17-26(27)42-4)24(12-14-36-23)44-25-11-10-19(16-22(25)32)38-46(40,41)28-9-6-5-8-21(28)31(33,34)35/h5-6,8-12,14,16-18,38H,7,13,15H2,1-4H3,(H,37,39). The highest BCUT2D eigenvalue weighted by atomic mass is 32.2. The maximum Gasteiger partial charge on any atom is 0.417 e. The second-order valence-corrected chi connectivity index (χ2v) is 12.5. The number of methoxy groups -OCH3 is 1. The molecule has 0 bridgehead atoms. The number of pyridine rings is 1. The first-order chi connectivity index (χ1) is 21.6. The van der Waals surface area contributed by atoms with Crippen molar-refractivity contribution in [1.82, 2.24) is 10.3 Å². The predicted octanol–water partition coefficient (Wildman–Crippen LogP) is 7.29. The van der Waals surface area contributed by atoms with Gasteiger partial charge in [0.05, 0.1) is 35.4 Å². The number of anilines is 1. The molecule has 10 nitrogen and oxygen atoms in total. The molecule has 0 aliphatic heterocycles. The summed E-state index contributed by atoms with van der Waals surface area (Å²) in [7, 11) is -3.28. The van der Waals surface area contributed by atoms with E-state index in [4.69, 9.17) is 18.9 Å². The Morgan fingerprint density at radius 1 is 0.935 bits per heavy atom. The lowest BCUT2D eigenvalue weighted by molar-refractivity contribution is -0.139. The Kier molecular flexibility index (Phi) is 10.1. The first-order valence-electron chi connectivity index (χ1n) is 13.8. The summed E-state index contributed by atoms with van der Waals surface area (Å²) in [6.45, 7) is 5.84. The van der Waals surface area contributed by atoms with Crippen LogP contribution in [0.1, 0.15) is 32.8 Å². The van der Waals surface area contributed by atoms with Crippen LogP contribution in [-0.2, 0) is 20.9 Å². The van der Waals surface area contributed by atoms with Crippen LogP contribution in [0.2, 0.25) is 0 Å². The van der Waals surface area contributed by atoms with E-state index in [1.807, 2.05) is 4.72 Å². The minimum atomic E-state index is -4.92. The monoisotopic (exact) mass is 665 g/mol. The van der Waals surface area contributed by atoms with Crippen LogP contribution < -0.4 is 24.2 Å². The minimum absolute atomic E-state index is 0.183. The Labute approximate surface area is 262 Å². The fourth-order valence-electron chi connectivity index (χ4n) is 4.16. The molecule has 0 atom stereocenters. The first kappa shape index (κ1) is 34.1. The van der Waals surface area contributed by atoms with Gasteiger partial charge in [-0.3, -0.25) is 9.71 Å². The van der Waals surface area contributed by atoms with Gasteiger partial charge in [0.1, 0.15) is 11.4 Å². The highest BCUT2D eigenvalue weighted by molar-refractivity contribution is 7.92. The third-order valence-corrected chi connectivity index (χ3v) is 7.56. The number of alkyl halides is 3. The van der Waals surface area contributed by atoms with E-state index in [2.05, 4.69) is 10.3 Å². The van der Waals surface area contributed by atoms with Crippen molar-refractivity contribution in [3.63, 3.8) is 0 Å². The number of aromatic nitrogens is 1. The van der Waals surface area contributed by atoms with Crippen LogP contribution in [0.4, 0.5) is 28.0 Å². The van der Waals surface area contributed by atoms with Crippen molar-refractivity contribution < 1.29 is 49.7 Å². The van der Waals surface area contributed by atoms with Gasteiger partial charge in [0.15, 0.2) is 23.1 Å². The number of alkyl carbamates (subject to hydrolysis) is 1. The Morgan fingerprint density at radius 2 is 1.67 bits per heavy atom. The predicted molar refractivity (Wildman–Crippen MR) is 161 cm³/mol. The number of carbonyl (C=O) groups excluding carboxylic acids is 1. The summed E-state index contributed by atoms with van der Waals surface area (Å²) in [5.74, 6) is -0.395. The zero-order valence-electron chi connectivity index (χ0n) is 25.2. The van der Waals surface area contributed by atoms with Crippen LogP contribution >= 0.6 is 0 Å². The summed E-state index contributed by atoms with van der Waals surface area (Å²) in [5.41, 5.74) is -1.86. The van der Waals surface area contributed by atoms with Gasteiger partial charge in [0.2, 0.25) is 0 Å². The average Bonchev–Trinajstić information content (AvgIpc) is 2.96. The topological polar surface area (TPSA) is 125 Å². The molecule has 0 unspecified atom stereocenters. The molecule has 0 saturated heterocycles. The molecule has 1 aromatic heterocycles. The second kappa shape index (κ2) is 13.7. The quantitative estimate of drug-likeness (QED) is 0.126. The number of nitrogens with zero attached hydrogens (tertiary/aromatic N) is 1. The van der Waals surface area contributed by atoms with Gasteiger partial charge in [0.25, 0.3) is 10.0 Å². The Bertz CT molecular complexity index is 1830. The summed E-state index contributed by atoms with van der Waals surface area (Å²) in [5, 5.41) is 3.08. The number of fused-ring (bicyclic) bond motifs is 1. The van der Waals surface area contributed by atoms with Crippen LogP contribution in [0.25, 0.3) is 10.9 Å². The lowest BCUT2D eigenvalue weighted by Crippen LogP contribution is -2.33. The smallest absolute Gasteiger partial charge is 0.417 e. The normalized spacial score (nSPS) is 12.0. The summed E-state index contributed by atoms with van der Waals surface area (Å²) in [6, 6.07) is 11.4. The highest BCUT2D eigenvalue weighted by Gasteiger charge is 2.37. The summed E-state index contributed by atoms with van der Waals surface area (Å²) in [4.78, 5) is 15.1. The molecular weight excluding hydrogens is 634 g/mol. The zero-order valence-corrected chi connectivity index (χ0v) is 26.0. The van der Waals surface area contributed by atoms with Crippen molar-refractivity contribution >= 4 is 32.7 Å². The Morgan fingerprint density at radius 3 is 2.35 bits per heavy atom. The lowest BCUT2D eigenvalue weighted by Gasteiger charge is -2.19.